The van der Waals surface area contributed by atoms with E-state index in [1.165, 1.54) is 0 Å². The highest BCUT2D eigenvalue weighted by molar-refractivity contribution is 5.76. The van der Waals surface area contributed by atoms with Gasteiger partial charge in [0.15, 0.2) is 0 Å². The number of carbonyl (C=O) groups is 1. The first-order valence-electron chi connectivity index (χ1n) is 6.57. The lowest BCUT2D eigenvalue weighted by Crippen LogP contribution is -2.40. The molecule has 0 saturated heterocycles. The maximum Gasteiger partial charge on any atom is 0.222 e. The van der Waals surface area contributed by atoms with Gasteiger partial charge in [0, 0.05) is 12.6 Å². The van der Waals surface area contributed by atoms with E-state index in [-0.39, 0.29) is 18.4 Å². The van der Waals surface area contributed by atoms with Crippen molar-refractivity contribution in [3.05, 3.63) is 0 Å². The van der Waals surface area contributed by atoms with E-state index >= 15 is 0 Å². The summed E-state index contributed by atoms with van der Waals surface area (Å²) in [6, 6.07) is -0.315. The molecule has 102 valence electrons. The van der Waals surface area contributed by atoms with Crippen LogP contribution in [0.1, 0.15) is 47.0 Å². The zero-order valence-electron chi connectivity index (χ0n) is 11.6. The van der Waals surface area contributed by atoms with Crippen molar-refractivity contribution in [1.82, 2.24) is 5.32 Å². The lowest BCUT2D eigenvalue weighted by atomic mass is 9.98. The molecule has 0 aliphatic rings. The molecular formula is C13H28N2O2. The van der Waals surface area contributed by atoms with E-state index in [0.29, 0.717) is 18.4 Å². The topological polar surface area (TPSA) is 75.3 Å². The van der Waals surface area contributed by atoms with E-state index in [1.807, 2.05) is 0 Å². The maximum atomic E-state index is 11.5. The van der Waals surface area contributed by atoms with Crippen molar-refractivity contribution in [1.29, 1.82) is 0 Å². The molecule has 0 rings (SSSR count). The van der Waals surface area contributed by atoms with Crippen molar-refractivity contribution < 1.29 is 9.90 Å². The fraction of sp³-hybridized carbons (Fsp3) is 0.923. The Morgan fingerprint density at radius 3 is 2.41 bits per heavy atom. The van der Waals surface area contributed by atoms with Crippen LogP contribution in [0.3, 0.4) is 0 Å². The van der Waals surface area contributed by atoms with Gasteiger partial charge in [-0.15, -0.1) is 0 Å². The van der Waals surface area contributed by atoms with E-state index < -0.39 is 6.10 Å². The Kier molecular flexibility index (Phi) is 8.17. The van der Waals surface area contributed by atoms with Gasteiger partial charge >= 0.3 is 0 Å². The minimum absolute atomic E-state index is 0.102. The molecule has 0 bridgehead atoms. The van der Waals surface area contributed by atoms with Crippen LogP contribution < -0.4 is 11.1 Å². The number of hydrogen-bond donors (Lipinski definition) is 3. The van der Waals surface area contributed by atoms with Gasteiger partial charge in [-0.2, -0.15) is 0 Å². The number of rotatable bonds is 8. The van der Waals surface area contributed by atoms with Crippen LogP contribution in [0.5, 0.6) is 0 Å². The number of hydrogen-bond acceptors (Lipinski definition) is 3. The number of aliphatic hydroxyl groups excluding tert-OH is 1. The Labute approximate surface area is 105 Å². The van der Waals surface area contributed by atoms with Crippen LogP contribution in [0.4, 0.5) is 0 Å². The van der Waals surface area contributed by atoms with E-state index in [9.17, 15) is 9.90 Å². The molecule has 0 aromatic carbocycles. The van der Waals surface area contributed by atoms with Crippen LogP contribution in [-0.4, -0.2) is 29.7 Å². The first-order valence-corrected chi connectivity index (χ1v) is 6.57. The van der Waals surface area contributed by atoms with Gasteiger partial charge in [-0.3, -0.25) is 4.79 Å². The Bertz CT molecular complexity index is 219. The summed E-state index contributed by atoms with van der Waals surface area (Å²) in [5.41, 5.74) is 5.82. The third-order valence-corrected chi connectivity index (χ3v) is 2.98. The summed E-state index contributed by atoms with van der Waals surface area (Å²) >= 11 is 0. The molecule has 0 aliphatic heterocycles. The van der Waals surface area contributed by atoms with Crippen molar-refractivity contribution in [2.24, 2.45) is 17.6 Å². The average Bonchev–Trinajstić information content (AvgIpc) is 2.24. The third kappa shape index (κ3) is 8.16. The zero-order chi connectivity index (χ0) is 13.4. The monoisotopic (exact) mass is 244 g/mol. The number of nitrogens with one attached hydrogen (secondary N) is 1. The van der Waals surface area contributed by atoms with Gasteiger partial charge in [-0.25, -0.2) is 0 Å². The Morgan fingerprint density at radius 2 is 1.94 bits per heavy atom. The first kappa shape index (κ1) is 16.4. The van der Waals surface area contributed by atoms with E-state index in [4.69, 9.17) is 5.73 Å². The van der Waals surface area contributed by atoms with Gasteiger partial charge < -0.3 is 16.2 Å². The molecular weight excluding hydrogens is 216 g/mol. The summed E-state index contributed by atoms with van der Waals surface area (Å²) in [5.74, 6) is 0.792. The summed E-state index contributed by atoms with van der Waals surface area (Å²) in [5, 5.41) is 12.6. The molecule has 4 N–H and O–H groups in total. The summed E-state index contributed by atoms with van der Waals surface area (Å²) in [6.45, 7) is 8.94. The van der Waals surface area contributed by atoms with Crippen molar-refractivity contribution in [2.75, 3.05) is 6.54 Å². The highest BCUT2D eigenvalue weighted by atomic mass is 16.3. The van der Waals surface area contributed by atoms with Gasteiger partial charge in [0.05, 0.1) is 12.5 Å². The summed E-state index contributed by atoms with van der Waals surface area (Å²) < 4.78 is 0. The fourth-order valence-corrected chi connectivity index (χ4v) is 1.55. The lowest BCUT2D eigenvalue weighted by Gasteiger charge is -2.20. The quantitative estimate of drug-likeness (QED) is 0.602. The standard InChI is InChI=1S/C13H28N2O2/c1-5-10(4)8-15-13(17)7-12(16)11(14)6-9(2)3/h9-12,16H,5-8,14H2,1-4H3,(H,15,17)/t10-,11?,12-/m0/s1. The van der Waals surface area contributed by atoms with Crippen molar-refractivity contribution in [2.45, 2.75) is 59.1 Å². The van der Waals surface area contributed by atoms with Gasteiger partial charge in [0.2, 0.25) is 5.91 Å². The van der Waals surface area contributed by atoms with Gasteiger partial charge in [-0.1, -0.05) is 34.1 Å². The predicted molar refractivity (Wildman–Crippen MR) is 70.5 cm³/mol. The van der Waals surface area contributed by atoms with Crippen molar-refractivity contribution >= 4 is 5.91 Å². The molecule has 1 unspecified atom stereocenters. The summed E-state index contributed by atoms with van der Waals surface area (Å²) in [6.07, 6.45) is 1.13. The molecule has 0 aromatic rings. The van der Waals surface area contributed by atoms with E-state index in [0.717, 1.165) is 12.8 Å². The summed E-state index contributed by atoms with van der Waals surface area (Å²) in [4.78, 5) is 11.5. The number of aliphatic hydroxyl groups is 1. The molecule has 0 radical (unpaired) electrons. The fourth-order valence-electron chi connectivity index (χ4n) is 1.55. The molecule has 3 atom stereocenters. The molecule has 4 nitrogen and oxygen atoms in total. The van der Waals surface area contributed by atoms with Gasteiger partial charge in [-0.05, 0) is 18.3 Å². The average molecular weight is 244 g/mol. The second-order valence-corrected chi connectivity index (χ2v) is 5.38. The predicted octanol–water partition coefficient (Wildman–Crippen LogP) is 1.27. The Morgan fingerprint density at radius 1 is 1.35 bits per heavy atom. The molecule has 0 saturated carbocycles. The molecule has 0 aromatic heterocycles. The van der Waals surface area contributed by atoms with Crippen molar-refractivity contribution in [3.63, 3.8) is 0 Å². The van der Waals surface area contributed by atoms with Crippen LogP contribution in [0.2, 0.25) is 0 Å². The minimum atomic E-state index is -0.741. The Hall–Kier alpha value is -0.610. The SMILES string of the molecule is CC[C@H](C)CNC(=O)C[C@H](O)C(N)CC(C)C. The lowest BCUT2D eigenvalue weighted by molar-refractivity contribution is -0.123. The molecule has 4 heteroatoms. The van der Waals surface area contributed by atoms with Crippen LogP contribution >= 0.6 is 0 Å². The molecule has 17 heavy (non-hydrogen) atoms. The molecule has 0 aliphatic carbocycles. The van der Waals surface area contributed by atoms with Crippen LogP contribution in [0, 0.1) is 11.8 Å². The van der Waals surface area contributed by atoms with E-state index in [2.05, 4.69) is 33.0 Å². The first-order chi connectivity index (χ1) is 7.86. The second kappa shape index (κ2) is 8.48. The molecule has 0 spiro atoms. The molecule has 0 heterocycles. The minimum Gasteiger partial charge on any atom is -0.391 e. The second-order valence-electron chi connectivity index (χ2n) is 5.38. The normalized spacial score (nSPS) is 16.6. The highest BCUT2D eigenvalue weighted by Gasteiger charge is 2.19. The van der Waals surface area contributed by atoms with Crippen molar-refractivity contribution in [3.8, 4) is 0 Å². The smallest absolute Gasteiger partial charge is 0.222 e. The largest absolute Gasteiger partial charge is 0.391 e. The van der Waals surface area contributed by atoms with E-state index in [1.54, 1.807) is 0 Å². The van der Waals surface area contributed by atoms with Crippen LogP contribution in [0.25, 0.3) is 0 Å². The third-order valence-electron chi connectivity index (χ3n) is 2.98. The van der Waals surface area contributed by atoms with Gasteiger partial charge in [0.1, 0.15) is 0 Å². The molecule has 1 amide bonds. The summed E-state index contributed by atoms with van der Waals surface area (Å²) in [7, 11) is 0. The van der Waals surface area contributed by atoms with Crippen LogP contribution in [0.15, 0.2) is 0 Å². The van der Waals surface area contributed by atoms with Crippen LogP contribution in [-0.2, 0) is 4.79 Å². The van der Waals surface area contributed by atoms with Gasteiger partial charge in [0.25, 0.3) is 0 Å². The number of carbonyl (C=O) groups excluding carboxylic acids is 1. The number of amides is 1. The molecule has 0 fully saturated rings. The Balaban J connectivity index is 3.86. The number of nitrogens with two attached hydrogens (primary N) is 1. The zero-order valence-corrected chi connectivity index (χ0v) is 11.6. The maximum absolute atomic E-state index is 11.5. The highest BCUT2D eigenvalue weighted by Crippen LogP contribution is 2.08.